The Morgan fingerprint density at radius 1 is 1.07 bits per heavy atom. The summed E-state index contributed by atoms with van der Waals surface area (Å²) in [4.78, 5) is 0. The van der Waals surface area contributed by atoms with E-state index in [0.717, 1.165) is 12.8 Å². The van der Waals surface area contributed by atoms with Crippen LogP contribution in [0.15, 0.2) is 18.2 Å². The van der Waals surface area contributed by atoms with Gasteiger partial charge in [-0.15, -0.1) is 0 Å². The minimum atomic E-state index is 1.11. The van der Waals surface area contributed by atoms with Gasteiger partial charge in [-0.2, -0.15) is 0 Å². The van der Waals surface area contributed by atoms with Crippen LogP contribution in [0.3, 0.4) is 0 Å². The van der Waals surface area contributed by atoms with E-state index in [4.69, 9.17) is 0 Å². The zero-order valence-electron chi connectivity index (χ0n) is 10.1. The molecule has 0 radical (unpaired) electrons. The first-order valence-electron chi connectivity index (χ1n) is 5.62. The highest BCUT2D eigenvalue weighted by Gasteiger charge is 2.02. The average molecular weight is 193 g/mol. The van der Waals surface area contributed by atoms with E-state index in [0.29, 0.717) is 0 Å². The highest BCUT2D eigenvalue weighted by atomic mass is 14.8. The van der Waals surface area contributed by atoms with Crippen LogP contribution in [0.1, 0.15) is 38.8 Å². The third-order valence-corrected chi connectivity index (χ3v) is 2.28. The molecule has 1 N–H and O–H groups in total. The Kier molecular flexibility index (Phi) is 6.91. The number of hydrogen-bond acceptors (Lipinski definition) is 1. The predicted molar refractivity (Wildman–Crippen MR) is 66.1 cm³/mol. The molecule has 0 aromatic heterocycles. The largest absolute Gasteiger partial charge is 0.388 e. The lowest BCUT2D eigenvalue weighted by atomic mass is 10.0. The molecular formula is C13H23N. The van der Waals surface area contributed by atoms with Crippen molar-refractivity contribution < 1.29 is 0 Å². The fraction of sp³-hybridized carbons (Fsp3) is 0.538. The standard InChI is InChI=1S/C11H17N.C2H6/c1-4-9-7-6-8-11(12-3)10(9)5-2;1-2/h6-8,12H,4-5H2,1-3H3;1-2H3. The molecule has 14 heavy (non-hydrogen) atoms. The number of anilines is 1. The van der Waals surface area contributed by atoms with Crippen LogP contribution in [0.5, 0.6) is 0 Å². The van der Waals surface area contributed by atoms with Crippen molar-refractivity contribution in [3.8, 4) is 0 Å². The molecule has 0 spiro atoms. The highest BCUT2D eigenvalue weighted by molar-refractivity contribution is 5.54. The smallest absolute Gasteiger partial charge is 0.0372 e. The zero-order chi connectivity index (χ0) is 11.0. The second-order valence-corrected chi connectivity index (χ2v) is 2.90. The molecule has 0 bridgehead atoms. The Morgan fingerprint density at radius 2 is 1.71 bits per heavy atom. The zero-order valence-corrected chi connectivity index (χ0v) is 10.1. The van der Waals surface area contributed by atoms with E-state index in [1.807, 2.05) is 20.9 Å². The van der Waals surface area contributed by atoms with E-state index >= 15 is 0 Å². The van der Waals surface area contributed by atoms with Crippen LogP contribution in [0.2, 0.25) is 0 Å². The molecule has 1 heteroatoms. The molecule has 1 nitrogen and oxygen atoms in total. The van der Waals surface area contributed by atoms with Crippen LogP contribution in [0.25, 0.3) is 0 Å². The summed E-state index contributed by atoms with van der Waals surface area (Å²) < 4.78 is 0. The molecule has 0 fully saturated rings. The summed E-state index contributed by atoms with van der Waals surface area (Å²) in [5.41, 5.74) is 4.20. The molecule has 0 atom stereocenters. The monoisotopic (exact) mass is 193 g/mol. The molecular weight excluding hydrogens is 170 g/mol. The van der Waals surface area contributed by atoms with Crippen molar-refractivity contribution in [2.45, 2.75) is 40.5 Å². The maximum absolute atomic E-state index is 3.22. The normalized spacial score (nSPS) is 8.93. The lowest BCUT2D eigenvalue weighted by Crippen LogP contribution is -1.98. The summed E-state index contributed by atoms with van der Waals surface area (Å²) in [6.45, 7) is 8.41. The summed E-state index contributed by atoms with van der Waals surface area (Å²) in [5.74, 6) is 0. The van der Waals surface area contributed by atoms with Crippen molar-refractivity contribution in [2.24, 2.45) is 0 Å². The van der Waals surface area contributed by atoms with Gasteiger partial charge >= 0.3 is 0 Å². The molecule has 80 valence electrons. The molecule has 0 amide bonds. The van der Waals surface area contributed by atoms with Gasteiger partial charge in [-0.25, -0.2) is 0 Å². The van der Waals surface area contributed by atoms with Crippen LogP contribution in [0.4, 0.5) is 5.69 Å². The van der Waals surface area contributed by atoms with Gasteiger partial charge in [0, 0.05) is 12.7 Å². The lowest BCUT2D eigenvalue weighted by molar-refractivity contribution is 1.04. The van der Waals surface area contributed by atoms with Crippen molar-refractivity contribution in [1.82, 2.24) is 0 Å². The number of hydrogen-bond donors (Lipinski definition) is 1. The van der Waals surface area contributed by atoms with E-state index < -0.39 is 0 Å². The van der Waals surface area contributed by atoms with Crippen LogP contribution < -0.4 is 5.32 Å². The maximum Gasteiger partial charge on any atom is 0.0372 e. The van der Waals surface area contributed by atoms with Gasteiger partial charge in [0.2, 0.25) is 0 Å². The third-order valence-electron chi connectivity index (χ3n) is 2.28. The summed E-state index contributed by atoms with van der Waals surface area (Å²) in [5, 5.41) is 3.22. The van der Waals surface area contributed by atoms with Gasteiger partial charge in [-0.05, 0) is 30.0 Å². The Labute approximate surface area is 88.5 Å². The summed E-state index contributed by atoms with van der Waals surface area (Å²) in [6.07, 6.45) is 2.24. The number of benzene rings is 1. The second-order valence-electron chi connectivity index (χ2n) is 2.90. The quantitative estimate of drug-likeness (QED) is 0.768. The van der Waals surface area contributed by atoms with Gasteiger partial charge in [0.1, 0.15) is 0 Å². The van der Waals surface area contributed by atoms with Crippen molar-refractivity contribution in [3.05, 3.63) is 29.3 Å². The van der Waals surface area contributed by atoms with E-state index in [2.05, 4.69) is 37.4 Å². The minimum Gasteiger partial charge on any atom is -0.388 e. The molecule has 0 aliphatic carbocycles. The predicted octanol–water partition coefficient (Wildman–Crippen LogP) is 3.88. The third kappa shape index (κ3) is 3.06. The SMILES string of the molecule is CC.CCc1cccc(NC)c1CC. The van der Waals surface area contributed by atoms with E-state index in [9.17, 15) is 0 Å². The maximum atomic E-state index is 3.22. The van der Waals surface area contributed by atoms with Gasteiger partial charge in [0.15, 0.2) is 0 Å². The summed E-state index contributed by atoms with van der Waals surface area (Å²) >= 11 is 0. The first kappa shape index (κ1) is 13.0. The van der Waals surface area contributed by atoms with E-state index in [1.54, 1.807) is 0 Å². The average Bonchev–Trinajstić information content (AvgIpc) is 2.30. The van der Waals surface area contributed by atoms with Gasteiger partial charge in [0.05, 0.1) is 0 Å². The second kappa shape index (κ2) is 7.43. The van der Waals surface area contributed by atoms with Crippen molar-refractivity contribution in [1.29, 1.82) is 0 Å². The van der Waals surface area contributed by atoms with Crippen LogP contribution >= 0.6 is 0 Å². The summed E-state index contributed by atoms with van der Waals surface area (Å²) in [7, 11) is 1.98. The Hall–Kier alpha value is -0.980. The topological polar surface area (TPSA) is 12.0 Å². The molecule has 0 aliphatic rings. The van der Waals surface area contributed by atoms with E-state index in [-0.39, 0.29) is 0 Å². The first-order valence-corrected chi connectivity index (χ1v) is 5.62. The van der Waals surface area contributed by atoms with Crippen molar-refractivity contribution >= 4 is 5.69 Å². The van der Waals surface area contributed by atoms with Crippen molar-refractivity contribution in [3.63, 3.8) is 0 Å². The fourth-order valence-corrected chi connectivity index (χ4v) is 1.62. The Morgan fingerprint density at radius 3 is 2.14 bits per heavy atom. The first-order chi connectivity index (χ1) is 6.83. The van der Waals surface area contributed by atoms with Crippen LogP contribution in [-0.2, 0) is 12.8 Å². The minimum absolute atomic E-state index is 1.11. The van der Waals surface area contributed by atoms with Crippen LogP contribution in [-0.4, -0.2) is 7.05 Å². The van der Waals surface area contributed by atoms with E-state index in [1.165, 1.54) is 16.8 Å². The number of nitrogens with one attached hydrogen (secondary N) is 1. The highest BCUT2D eigenvalue weighted by Crippen LogP contribution is 2.20. The molecule has 0 unspecified atom stereocenters. The van der Waals surface area contributed by atoms with Gasteiger partial charge in [-0.3, -0.25) is 0 Å². The molecule has 0 saturated carbocycles. The molecule has 0 saturated heterocycles. The molecule has 1 rings (SSSR count). The van der Waals surface area contributed by atoms with Crippen molar-refractivity contribution in [2.75, 3.05) is 12.4 Å². The Bertz CT molecular complexity index is 231. The Balaban J connectivity index is 0.000000791. The molecule has 1 aromatic rings. The fourth-order valence-electron chi connectivity index (χ4n) is 1.62. The summed E-state index contributed by atoms with van der Waals surface area (Å²) in [6, 6.07) is 6.46. The van der Waals surface area contributed by atoms with Crippen LogP contribution in [0, 0.1) is 0 Å². The number of rotatable bonds is 3. The number of aryl methyl sites for hydroxylation is 1. The molecule has 0 heterocycles. The van der Waals surface area contributed by atoms with Gasteiger partial charge in [0.25, 0.3) is 0 Å². The molecule has 1 aromatic carbocycles. The van der Waals surface area contributed by atoms with Gasteiger partial charge in [-0.1, -0.05) is 39.8 Å². The van der Waals surface area contributed by atoms with Gasteiger partial charge < -0.3 is 5.32 Å². The molecule has 0 aliphatic heterocycles. The lowest BCUT2D eigenvalue weighted by Gasteiger charge is -2.11.